The lowest BCUT2D eigenvalue weighted by Gasteiger charge is -2.39. The van der Waals surface area contributed by atoms with Gasteiger partial charge in [-0.15, -0.1) is 0 Å². The fourth-order valence-electron chi connectivity index (χ4n) is 3.84. The molecule has 0 aliphatic heterocycles. The molecule has 0 bridgehead atoms. The van der Waals surface area contributed by atoms with Crippen LogP contribution >= 0.6 is 0 Å². The highest BCUT2D eigenvalue weighted by atomic mass is 16.7. The fraction of sp³-hybridized carbons (Fsp3) is 1.00. The van der Waals surface area contributed by atoms with Gasteiger partial charge in [0, 0.05) is 26.6 Å². The summed E-state index contributed by atoms with van der Waals surface area (Å²) in [6.45, 7) is 6.83. The van der Waals surface area contributed by atoms with E-state index in [-0.39, 0.29) is 5.79 Å². The number of hydrogen-bond acceptors (Lipinski definition) is 2. The average molecular weight is 343 g/mol. The summed E-state index contributed by atoms with van der Waals surface area (Å²) in [7, 11) is 3.71. The van der Waals surface area contributed by atoms with Crippen molar-refractivity contribution >= 4 is 0 Å². The summed E-state index contributed by atoms with van der Waals surface area (Å²) in [6.07, 6.45) is 19.3. The van der Waals surface area contributed by atoms with Crippen LogP contribution in [0.4, 0.5) is 0 Å². The van der Waals surface area contributed by atoms with Crippen LogP contribution in [0.15, 0.2) is 0 Å². The first-order valence-electron chi connectivity index (χ1n) is 10.8. The van der Waals surface area contributed by atoms with Crippen molar-refractivity contribution in [2.75, 3.05) is 14.2 Å². The van der Waals surface area contributed by atoms with Gasteiger partial charge in [0.15, 0.2) is 5.79 Å². The van der Waals surface area contributed by atoms with Gasteiger partial charge < -0.3 is 9.47 Å². The number of hydrogen-bond donors (Lipinski definition) is 0. The highest BCUT2D eigenvalue weighted by Gasteiger charge is 2.37. The Morgan fingerprint density at radius 2 is 1.00 bits per heavy atom. The van der Waals surface area contributed by atoms with E-state index < -0.39 is 0 Å². The maximum absolute atomic E-state index is 6.02. The SMILES string of the molecule is CCCCCCC(CCCCCC)C(CCCCCC)(OC)OC. The van der Waals surface area contributed by atoms with E-state index in [1.54, 1.807) is 0 Å². The minimum Gasteiger partial charge on any atom is -0.353 e. The Morgan fingerprint density at radius 1 is 0.583 bits per heavy atom. The number of unbranched alkanes of at least 4 members (excludes halogenated alkanes) is 9. The molecule has 0 aliphatic rings. The summed E-state index contributed by atoms with van der Waals surface area (Å²) in [5.41, 5.74) is 0. The van der Waals surface area contributed by atoms with Crippen molar-refractivity contribution in [1.29, 1.82) is 0 Å². The molecule has 0 radical (unpaired) electrons. The second kappa shape index (κ2) is 16.4. The van der Waals surface area contributed by atoms with E-state index in [9.17, 15) is 0 Å². The van der Waals surface area contributed by atoms with E-state index in [0.29, 0.717) is 5.92 Å². The highest BCUT2D eigenvalue weighted by Crippen LogP contribution is 2.36. The van der Waals surface area contributed by atoms with Gasteiger partial charge in [0.05, 0.1) is 0 Å². The zero-order chi connectivity index (χ0) is 18.1. The Morgan fingerprint density at radius 3 is 1.38 bits per heavy atom. The van der Waals surface area contributed by atoms with Gasteiger partial charge in [0.2, 0.25) is 0 Å². The number of ether oxygens (including phenoxy) is 2. The van der Waals surface area contributed by atoms with Crippen LogP contribution in [-0.2, 0) is 9.47 Å². The molecule has 0 N–H and O–H groups in total. The molecule has 2 nitrogen and oxygen atoms in total. The van der Waals surface area contributed by atoms with Gasteiger partial charge in [-0.3, -0.25) is 0 Å². The molecule has 0 amide bonds. The average Bonchev–Trinajstić information content (AvgIpc) is 2.61. The summed E-state index contributed by atoms with van der Waals surface area (Å²) in [6, 6.07) is 0. The van der Waals surface area contributed by atoms with E-state index in [1.165, 1.54) is 89.9 Å². The Labute approximate surface area is 153 Å². The lowest BCUT2D eigenvalue weighted by Crippen LogP contribution is -2.42. The third-order valence-corrected chi connectivity index (χ3v) is 5.50. The molecule has 0 spiro atoms. The van der Waals surface area contributed by atoms with Gasteiger partial charge in [-0.2, -0.15) is 0 Å². The zero-order valence-corrected chi connectivity index (χ0v) is 17.5. The molecular weight excluding hydrogens is 296 g/mol. The van der Waals surface area contributed by atoms with E-state index in [0.717, 1.165) is 6.42 Å². The van der Waals surface area contributed by atoms with Crippen molar-refractivity contribution in [2.24, 2.45) is 5.92 Å². The zero-order valence-electron chi connectivity index (χ0n) is 17.5. The van der Waals surface area contributed by atoms with Crippen LogP contribution in [0.2, 0.25) is 0 Å². The van der Waals surface area contributed by atoms with Crippen molar-refractivity contribution in [3.05, 3.63) is 0 Å². The molecule has 0 saturated carbocycles. The Hall–Kier alpha value is -0.0800. The largest absolute Gasteiger partial charge is 0.353 e. The molecule has 0 aromatic rings. The predicted octanol–water partition coefficient (Wildman–Crippen LogP) is 7.50. The smallest absolute Gasteiger partial charge is 0.170 e. The van der Waals surface area contributed by atoms with Gasteiger partial charge in [0.1, 0.15) is 0 Å². The molecule has 0 aliphatic carbocycles. The number of methoxy groups -OCH3 is 2. The van der Waals surface area contributed by atoms with Crippen molar-refractivity contribution in [3.8, 4) is 0 Å². The summed E-state index contributed by atoms with van der Waals surface area (Å²) < 4.78 is 12.0. The Kier molecular flexibility index (Phi) is 16.3. The first-order chi connectivity index (χ1) is 11.7. The third kappa shape index (κ3) is 10.0. The summed E-state index contributed by atoms with van der Waals surface area (Å²) in [5.74, 6) is 0.189. The molecule has 146 valence electrons. The van der Waals surface area contributed by atoms with Gasteiger partial charge in [-0.1, -0.05) is 91.4 Å². The summed E-state index contributed by atoms with van der Waals surface area (Å²) in [5, 5.41) is 0. The van der Waals surface area contributed by atoms with Crippen LogP contribution in [-0.4, -0.2) is 20.0 Å². The van der Waals surface area contributed by atoms with Gasteiger partial charge in [0.25, 0.3) is 0 Å². The van der Waals surface area contributed by atoms with E-state index in [4.69, 9.17) is 9.47 Å². The molecule has 0 atom stereocenters. The van der Waals surface area contributed by atoms with Crippen LogP contribution in [0.1, 0.15) is 117 Å². The van der Waals surface area contributed by atoms with Crippen LogP contribution in [0.25, 0.3) is 0 Å². The van der Waals surface area contributed by atoms with Crippen molar-refractivity contribution in [2.45, 2.75) is 123 Å². The molecule has 2 heteroatoms. The molecule has 0 saturated heterocycles. The van der Waals surface area contributed by atoms with Crippen molar-refractivity contribution < 1.29 is 9.47 Å². The lowest BCUT2D eigenvalue weighted by molar-refractivity contribution is -0.247. The van der Waals surface area contributed by atoms with Crippen LogP contribution in [0.3, 0.4) is 0 Å². The standard InChI is InChI=1S/C22H46O2/c1-6-9-12-15-18-21(19-16-13-10-7-2)22(23-4,24-5)20-17-14-11-8-3/h21H,6-20H2,1-5H3. The third-order valence-electron chi connectivity index (χ3n) is 5.50. The second-order valence-corrected chi connectivity index (χ2v) is 7.43. The van der Waals surface area contributed by atoms with Gasteiger partial charge in [-0.25, -0.2) is 0 Å². The minimum atomic E-state index is -0.355. The second-order valence-electron chi connectivity index (χ2n) is 7.43. The minimum absolute atomic E-state index is 0.355. The fourth-order valence-corrected chi connectivity index (χ4v) is 3.84. The van der Waals surface area contributed by atoms with Crippen molar-refractivity contribution in [3.63, 3.8) is 0 Å². The normalized spacial score (nSPS) is 12.2. The van der Waals surface area contributed by atoms with E-state index in [2.05, 4.69) is 20.8 Å². The number of rotatable bonds is 18. The maximum Gasteiger partial charge on any atom is 0.170 e. The molecule has 24 heavy (non-hydrogen) atoms. The topological polar surface area (TPSA) is 18.5 Å². The summed E-state index contributed by atoms with van der Waals surface area (Å²) >= 11 is 0. The molecule has 0 heterocycles. The van der Waals surface area contributed by atoms with Crippen LogP contribution in [0.5, 0.6) is 0 Å². The monoisotopic (exact) mass is 342 g/mol. The molecule has 0 aromatic carbocycles. The molecule has 0 rings (SSSR count). The maximum atomic E-state index is 6.02. The van der Waals surface area contributed by atoms with Crippen molar-refractivity contribution in [1.82, 2.24) is 0 Å². The molecule has 0 fully saturated rings. The summed E-state index contributed by atoms with van der Waals surface area (Å²) in [4.78, 5) is 0. The van der Waals surface area contributed by atoms with Gasteiger partial charge >= 0.3 is 0 Å². The first kappa shape index (κ1) is 23.9. The van der Waals surface area contributed by atoms with E-state index >= 15 is 0 Å². The van der Waals surface area contributed by atoms with E-state index in [1.807, 2.05) is 14.2 Å². The molecule has 0 unspecified atom stereocenters. The Bertz CT molecular complexity index is 236. The Balaban J connectivity index is 4.68. The van der Waals surface area contributed by atoms with Crippen LogP contribution < -0.4 is 0 Å². The lowest BCUT2D eigenvalue weighted by atomic mass is 9.84. The quantitative estimate of drug-likeness (QED) is 0.189. The first-order valence-corrected chi connectivity index (χ1v) is 10.8. The molecular formula is C22H46O2. The predicted molar refractivity (Wildman–Crippen MR) is 107 cm³/mol. The van der Waals surface area contributed by atoms with Crippen LogP contribution in [0, 0.1) is 5.92 Å². The molecule has 0 aromatic heterocycles. The highest BCUT2D eigenvalue weighted by molar-refractivity contribution is 4.80. The van der Waals surface area contributed by atoms with Gasteiger partial charge in [-0.05, 0) is 19.3 Å².